The quantitative estimate of drug-likeness (QED) is 0.708. The van der Waals surface area contributed by atoms with Crippen LogP contribution in [0, 0.1) is 6.92 Å². The zero-order valence-corrected chi connectivity index (χ0v) is 9.97. The highest BCUT2D eigenvalue weighted by Gasteiger charge is 2.11. The molecule has 0 aliphatic carbocycles. The monoisotopic (exact) mass is 242 g/mol. The summed E-state index contributed by atoms with van der Waals surface area (Å²) >= 11 is 0. The summed E-state index contributed by atoms with van der Waals surface area (Å²) in [5.41, 5.74) is 7.84. The second kappa shape index (κ2) is 4.79. The van der Waals surface area contributed by atoms with E-state index in [-0.39, 0.29) is 11.7 Å². The van der Waals surface area contributed by atoms with E-state index < -0.39 is 0 Å². The topological polar surface area (TPSA) is 75.3 Å². The lowest BCUT2D eigenvalue weighted by Crippen LogP contribution is -2.13. The molecule has 0 bridgehead atoms. The minimum absolute atomic E-state index is 0.107. The SMILES string of the molecule is Cc1c(O)cccc1C(=O)Nc1cccc(N)c1. The molecule has 0 saturated carbocycles. The molecule has 0 fully saturated rings. The van der Waals surface area contributed by atoms with Crippen LogP contribution in [0.3, 0.4) is 0 Å². The summed E-state index contributed by atoms with van der Waals surface area (Å²) in [5, 5.41) is 12.3. The molecule has 18 heavy (non-hydrogen) atoms. The Balaban J connectivity index is 2.25. The van der Waals surface area contributed by atoms with Gasteiger partial charge in [0.2, 0.25) is 0 Å². The third-order valence-corrected chi connectivity index (χ3v) is 2.69. The van der Waals surface area contributed by atoms with Crippen molar-refractivity contribution in [2.45, 2.75) is 6.92 Å². The molecule has 0 atom stereocenters. The number of carbonyl (C=O) groups is 1. The highest BCUT2D eigenvalue weighted by molar-refractivity contribution is 6.05. The molecule has 4 heteroatoms. The number of nitrogens with two attached hydrogens (primary N) is 1. The number of benzene rings is 2. The van der Waals surface area contributed by atoms with Crippen molar-refractivity contribution in [3.05, 3.63) is 53.6 Å². The summed E-state index contributed by atoms with van der Waals surface area (Å²) < 4.78 is 0. The van der Waals surface area contributed by atoms with E-state index in [0.29, 0.717) is 22.5 Å². The summed E-state index contributed by atoms with van der Waals surface area (Å²) in [7, 11) is 0. The lowest BCUT2D eigenvalue weighted by atomic mass is 10.1. The Kier molecular flexibility index (Phi) is 3.19. The zero-order chi connectivity index (χ0) is 13.1. The first-order valence-corrected chi connectivity index (χ1v) is 5.53. The van der Waals surface area contributed by atoms with Crippen molar-refractivity contribution in [3.8, 4) is 5.75 Å². The molecule has 0 aliphatic rings. The second-order valence-corrected chi connectivity index (χ2v) is 4.03. The smallest absolute Gasteiger partial charge is 0.256 e. The third kappa shape index (κ3) is 2.43. The number of carbonyl (C=O) groups excluding carboxylic acids is 1. The number of nitrogens with one attached hydrogen (secondary N) is 1. The van der Waals surface area contributed by atoms with E-state index >= 15 is 0 Å². The fourth-order valence-corrected chi connectivity index (χ4v) is 1.68. The molecular weight excluding hydrogens is 228 g/mol. The minimum atomic E-state index is -0.269. The number of nitrogen functional groups attached to an aromatic ring is 1. The normalized spacial score (nSPS) is 10.1. The van der Waals surface area contributed by atoms with Gasteiger partial charge in [0.1, 0.15) is 5.75 Å². The highest BCUT2D eigenvalue weighted by atomic mass is 16.3. The van der Waals surface area contributed by atoms with E-state index in [9.17, 15) is 9.90 Å². The molecule has 0 radical (unpaired) electrons. The molecule has 0 unspecified atom stereocenters. The zero-order valence-electron chi connectivity index (χ0n) is 9.97. The first-order chi connectivity index (χ1) is 8.58. The molecule has 1 amide bonds. The van der Waals surface area contributed by atoms with Gasteiger partial charge in [-0.2, -0.15) is 0 Å². The number of phenolic OH excluding ortho intramolecular Hbond substituents is 1. The molecule has 2 aromatic carbocycles. The van der Waals surface area contributed by atoms with Gasteiger partial charge in [0.25, 0.3) is 5.91 Å². The lowest BCUT2D eigenvalue weighted by Gasteiger charge is -2.09. The van der Waals surface area contributed by atoms with E-state index in [2.05, 4.69) is 5.32 Å². The van der Waals surface area contributed by atoms with Crippen LogP contribution in [-0.2, 0) is 0 Å². The Hall–Kier alpha value is -2.49. The molecule has 4 N–H and O–H groups in total. The van der Waals surface area contributed by atoms with Crippen LogP contribution in [0.1, 0.15) is 15.9 Å². The molecule has 0 heterocycles. The summed E-state index contributed by atoms with van der Waals surface area (Å²) in [6, 6.07) is 11.8. The number of aromatic hydroxyl groups is 1. The summed E-state index contributed by atoms with van der Waals surface area (Å²) in [6.07, 6.45) is 0. The van der Waals surface area contributed by atoms with Crippen LogP contribution in [0.4, 0.5) is 11.4 Å². The largest absolute Gasteiger partial charge is 0.508 e. The van der Waals surface area contributed by atoms with Gasteiger partial charge in [-0.3, -0.25) is 4.79 Å². The van der Waals surface area contributed by atoms with Crippen molar-refractivity contribution in [1.29, 1.82) is 0 Å². The van der Waals surface area contributed by atoms with E-state index in [1.165, 1.54) is 0 Å². The maximum atomic E-state index is 12.0. The predicted molar refractivity (Wildman–Crippen MR) is 71.7 cm³/mol. The molecule has 2 aromatic rings. The van der Waals surface area contributed by atoms with Gasteiger partial charge in [-0.1, -0.05) is 12.1 Å². The second-order valence-electron chi connectivity index (χ2n) is 4.03. The van der Waals surface area contributed by atoms with Gasteiger partial charge in [-0.15, -0.1) is 0 Å². The van der Waals surface area contributed by atoms with Crippen LogP contribution < -0.4 is 11.1 Å². The Labute approximate surface area is 105 Å². The summed E-state index contributed by atoms with van der Waals surface area (Å²) in [6.45, 7) is 1.70. The minimum Gasteiger partial charge on any atom is -0.508 e. The van der Waals surface area contributed by atoms with E-state index in [4.69, 9.17) is 5.73 Å². The van der Waals surface area contributed by atoms with Crippen molar-refractivity contribution in [2.24, 2.45) is 0 Å². The number of rotatable bonds is 2. The van der Waals surface area contributed by atoms with Gasteiger partial charge in [-0.25, -0.2) is 0 Å². The fourth-order valence-electron chi connectivity index (χ4n) is 1.68. The average molecular weight is 242 g/mol. The molecule has 2 rings (SSSR count). The standard InChI is InChI=1S/C14H14N2O2/c1-9-12(6-3-7-13(9)17)14(18)16-11-5-2-4-10(15)8-11/h2-8,17H,15H2,1H3,(H,16,18). The van der Waals surface area contributed by atoms with Crippen LogP contribution in [0.25, 0.3) is 0 Å². The van der Waals surface area contributed by atoms with Crippen LogP contribution in [0.15, 0.2) is 42.5 Å². The number of hydrogen-bond donors (Lipinski definition) is 3. The molecule has 4 nitrogen and oxygen atoms in total. The molecule has 0 spiro atoms. The van der Waals surface area contributed by atoms with Crippen LogP contribution >= 0.6 is 0 Å². The lowest BCUT2D eigenvalue weighted by molar-refractivity contribution is 0.102. The Morgan fingerprint density at radius 1 is 1.22 bits per heavy atom. The van der Waals surface area contributed by atoms with E-state index in [1.807, 2.05) is 0 Å². The molecule has 92 valence electrons. The van der Waals surface area contributed by atoms with Crippen molar-refractivity contribution in [1.82, 2.24) is 0 Å². The first-order valence-electron chi connectivity index (χ1n) is 5.53. The Morgan fingerprint density at radius 2 is 1.94 bits per heavy atom. The Morgan fingerprint density at radius 3 is 2.67 bits per heavy atom. The van der Waals surface area contributed by atoms with Crippen molar-refractivity contribution >= 4 is 17.3 Å². The summed E-state index contributed by atoms with van der Waals surface area (Å²) in [4.78, 5) is 12.0. The molecule has 0 aliphatic heterocycles. The number of amides is 1. The van der Waals surface area contributed by atoms with Gasteiger partial charge in [-0.05, 0) is 37.3 Å². The van der Waals surface area contributed by atoms with Crippen LogP contribution in [0.5, 0.6) is 5.75 Å². The van der Waals surface area contributed by atoms with Gasteiger partial charge in [0.15, 0.2) is 0 Å². The van der Waals surface area contributed by atoms with Gasteiger partial charge in [0.05, 0.1) is 0 Å². The maximum absolute atomic E-state index is 12.0. The highest BCUT2D eigenvalue weighted by Crippen LogP contribution is 2.21. The third-order valence-electron chi connectivity index (χ3n) is 2.69. The van der Waals surface area contributed by atoms with E-state index in [0.717, 1.165) is 0 Å². The fraction of sp³-hybridized carbons (Fsp3) is 0.0714. The maximum Gasteiger partial charge on any atom is 0.256 e. The van der Waals surface area contributed by atoms with Crippen molar-refractivity contribution < 1.29 is 9.90 Å². The average Bonchev–Trinajstić information content (AvgIpc) is 2.32. The predicted octanol–water partition coefficient (Wildman–Crippen LogP) is 2.54. The van der Waals surface area contributed by atoms with Crippen molar-refractivity contribution in [2.75, 3.05) is 11.1 Å². The van der Waals surface area contributed by atoms with E-state index in [1.54, 1.807) is 49.4 Å². The number of phenols is 1. The Bertz CT molecular complexity index is 594. The summed E-state index contributed by atoms with van der Waals surface area (Å²) in [5.74, 6) is -0.163. The first kappa shape index (κ1) is 12.0. The molecule has 0 saturated heterocycles. The number of hydrogen-bond acceptors (Lipinski definition) is 3. The van der Waals surface area contributed by atoms with Gasteiger partial charge >= 0.3 is 0 Å². The van der Waals surface area contributed by atoms with Crippen molar-refractivity contribution in [3.63, 3.8) is 0 Å². The van der Waals surface area contributed by atoms with Crippen LogP contribution in [-0.4, -0.2) is 11.0 Å². The van der Waals surface area contributed by atoms with Gasteiger partial charge in [0, 0.05) is 22.5 Å². The molecular formula is C14H14N2O2. The van der Waals surface area contributed by atoms with Gasteiger partial charge < -0.3 is 16.2 Å². The molecule has 0 aromatic heterocycles. The van der Waals surface area contributed by atoms with Crippen LogP contribution in [0.2, 0.25) is 0 Å². The number of anilines is 2.